The Morgan fingerprint density at radius 3 is 2.16 bits per heavy atom. The first-order valence-electron chi connectivity index (χ1n) is 7.95. The van der Waals surface area contributed by atoms with Crippen molar-refractivity contribution in [1.82, 2.24) is 0 Å². The summed E-state index contributed by atoms with van der Waals surface area (Å²) in [5.41, 5.74) is 1.43. The van der Waals surface area contributed by atoms with Gasteiger partial charge in [-0.05, 0) is 55.8 Å². The molecule has 6 heteroatoms. The number of carbonyl (C=O) groups excluding carboxylic acids is 2. The summed E-state index contributed by atoms with van der Waals surface area (Å²) in [6.07, 6.45) is 0. The maximum absolute atomic E-state index is 12.7. The van der Waals surface area contributed by atoms with Gasteiger partial charge in [-0.25, -0.2) is 0 Å². The van der Waals surface area contributed by atoms with Crippen molar-refractivity contribution in [1.29, 1.82) is 0 Å². The predicted molar refractivity (Wildman–Crippen MR) is 95.0 cm³/mol. The molecule has 0 saturated carbocycles. The van der Waals surface area contributed by atoms with Crippen LogP contribution < -0.4 is 20.1 Å². The molecule has 0 fully saturated rings. The number of anilines is 2. The Hall–Kier alpha value is -3.02. The number of fused-ring (bicyclic) bond motifs is 1. The second kappa shape index (κ2) is 6.47. The molecular weight excluding hydrogens is 320 g/mol. The Balaban J connectivity index is 1.74. The zero-order valence-corrected chi connectivity index (χ0v) is 14.4. The van der Waals surface area contributed by atoms with Gasteiger partial charge in [-0.3, -0.25) is 9.59 Å². The van der Waals surface area contributed by atoms with E-state index in [0.717, 1.165) is 5.56 Å². The molecule has 1 heterocycles. The molecule has 2 N–H and O–H groups in total. The number of hydrogen-bond acceptors (Lipinski definition) is 4. The zero-order valence-electron chi connectivity index (χ0n) is 14.4. The lowest BCUT2D eigenvalue weighted by atomic mass is 9.83. The molecule has 6 nitrogen and oxygen atoms in total. The minimum atomic E-state index is -0.753. The van der Waals surface area contributed by atoms with E-state index in [4.69, 9.17) is 9.47 Å². The molecule has 1 aliphatic rings. The summed E-state index contributed by atoms with van der Waals surface area (Å²) in [4.78, 5) is 23.8. The van der Waals surface area contributed by atoms with E-state index in [9.17, 15) is 9.59 Å². The Morgan fingerprint density at radius 1 is 0.920 bits per heavy atom. The number of hydrogen-bond donors (Lipinski definition) is 2. The maximum Gasteiger partial charge on any atom is 0.234 e. The molecule has 3 rings (SSSR count). The van der Waals surface area contributed by atoms with Crippen LogP contribution in [0.2, 0.25) is 0 Å². The third kappa shape index (κ3) is 3.57. The van der Waals surface area contributed by atoms with Gasteiger partial charge in [-0.15, -0.1) is 0 Å². The van der Waals surface area contributed by atoms with Gasteiger partial charge in [0, 0.05) is 18.3 Å². The quantitative estimate of drug-likeness (QED) is 0.895. The second-order valence-corrected chi connectivity index (χ2v) is 6.41. The van der Waals surface area contributed by atoms with Crippen molar-refractivity contribution in [3.05, 3.63) is 48.0 Å². The number of benzene rings is 2. The molecule has 0 spiro atoms. The fraction of sp³-hybridized carbons (Fsp3) is 0.263. The monoisotopic (exact) mass is 340 g/mol. The first-order valence-corrected chi connectivity index (χ1v) is 7.95. The van der Waals surface area contributed by atoms with E-state index in [1.165, 1.54) is 6.92 Å². The summed E-state index contributed by atoms with van der Waals surface area (Å²) in [6, 6.07) is 12.5. The predicted octanol–water partition coefficient (Wildman–Crippen LogP) is 3.29. The van der Waals surface area contributed by atoms with Gasteiger partial charge in [0.1, 0.15) is 0 Å². The summed E-state index contributed by atoms with van der Waals surface area (Å²) >= 11 is 0. The van der Waals surface area contributed by atoms with E-state index in [0.29, 0.717) is 22.9 Å². The van der Waals surface area contributed by atoms with Crippen molar-refractivity contribution in [3.63, 3.8) is 0 Å². The summed E-state index contributed by atoms with van der Waals surface area (Å²) in [6.45, 7) is 5.35. The maximum atomic E-state index is 12.7. The number of carbonyl (C=O) groups is 2. The molecule has 0 aromatic heterocycles. The van der Waals surface area contributed by atoms with Crippen molar-refractivity contribution in [2.45, 2.75) is 26.2 Å². The molecule has 2 aromatic carbocycles. The largest absolute Gasteiger partial charge is 0.454 e. The van der Waals surface area contributed by atoms with E-state index >= 15 is 0 Å². The van der Waals surface area contributed by atoms with E-state index in [-0.39, 0.29) is 18.6 Å². The summed E-state index contributed by atoms with van der Waals surface area (Å²) < 4.78 is 10.7. The number of ether oxygens (including phenoxy) is 2. The molecule has 130 valence electrons. The molecular formula is C19H20N2O4. The van der Waals surface area contributed by atoms with Crippen LogP contribution in [0.3, 0.4) is 0 Å². The highest BCUT2D eigenvalue weighted by atomic mass is 16.7. The van der Waals surface area contributed by atoms with Crippen LogP contribution in [0.1, 0.15) is 26.3 Å². The first kappa shape index (κ1) is 16.8. The van der Waals surface area contributed by atoms with E-state index in [1.807, 2.05) is 32.0 Å². The van der Waals surface area contributed by atoms with Crippen LogP contribution in [0.15, 0.2) is 42.5 Å². The second-order valence-electron chi connectivity index (χ2n) is 6.41. The summed E-state index contributed by atoms with van der Waals surface area (Å²) in [5.74, 6) is 1.06. The third-order valence-corrected chi connectivity index (χ3v) is 4.13. The van der Waals surface area contributed by atoms with Crippen LogP contribution in [-0.4, -0.2) is 18.6 Å². The fourth-order valence-electron chi connectivity index (χ4n) is 2.54. The molecule has 0 bridgehead atoms. The van der Waals surface area contributed by atoms with Crippen LogP contribution in [0.4, 0.5) is 11.4 Å². The van der Waals surface area contributed by atoms with Crippen molar-refractivity contribution >= 4 is 23.2 Å². The molecule has 0 aliphatic carbocycles. The molecule has 1 aliphatic heterocycles. The zero-order chi connectivity index (χ0) is 18.0. The highest BCUT2D eigenvalue weighted by Crippen LogP contribution is 2.36. The smallest absolute Gasteiger partial charge is 0.234 e. The molecule has 0 atom stereocenters. The number of rotatable bonds is 4. The standard InChI is InChI=1S/C19H20N2O4/c1-12(22)20-14-5-7-15(8-6-14)21-18(23)19(2,3)13-4-9-16-17(10-13)25-11-24-16/h4-10H,11H2,1-3H3,(H,20,22)(H,21,23). The highest BCUT2D eigenvalue weighted by Gasteiger charge is 2.31. The third-order valence-electron chi connectivity index (χ3n) is 4.13. The van der Waals surface area contributed by atoms with Gasteiger partial charge in [-0.1, -0.05) is 6.07 Å². The van der Waals surface area contributed by atoms with E-state index in [2.05, 4.69) is 10.6 Å². The van der Waals surface area contributed by atoms with E-state index < -0.39 is 5.41 Å². The highest BCUT2D eigenvalue weighted by molar-refractivity contribution is 5.99. The van der Waals surface area contributed by atoms with Gasteiger partial charge in [0.05, 0.1) is 5.41 Å². The number of amides is 2. The van der Waals surface area contributed by atoms with Crippen molar-refractivity contribution in [3.8, 4) is 11.5 Å². The molecule has 0 radical (unpaired) electrons. The van der Waals surface area contributed by atoms with Crippen LogP contribution in [0, 0.1) is 0 Å². The van der Waals surface area contributed by atoms with Gasteiger partial charge in [0.2, 0.25) is 18.6 Å². The Morgan fingerprint density at radius 2 is 1.52 bits per heavy atom. The molecule has 25 heavy (non-hydrogen) atoms. The molecule has 2 aromatic rings. The summed E-state index contributed by atoms with van der Waals surface area (Å²) in [5, 5.41) is 5.59. The van der Waals surface area contributed by atoms with Crippen molar-refractivity contribution in [2.24, 2.45) is 0 Å². The SMILES string of the molecule is CC(=O)Nc1ccc(NC(=O)C(C)(C)c2ccc3c(c2)OCO3)cc1. The van der Waals surface area contributed by atoms with E-state index in [1.54, 1.807) is 24.3 Å². The summed E-state index contributed by atoms with van der Waals surface area (Å²) in [7, 11) is 0. The molecule has 2 amide bonds. The Kier molecular flexibility index (Phi) is 4.35. The van der Waals surface area contributed by atoms with Gasteiger partial charge in [0.15, 0.2) is 11.5 Å². The topological polar surface area (TPSA) is 76.7 Å². The lowest BCUT2D eigenvalue weighted by Gasteiger charge is -2.24. The van der Waals surface area contributed by atoms with Gasteiger partial charge in [-0.2, -0.15) is 0 Å². The van der Waals surface area contributed by atoms with Crippen molar-refractivity contribution in [2.75, 3.05) is 17.4 Å². The van der Waals surface area contributed by atoms with Crippen molar-refractivity contribution < 1.29 is 19.1 Å². The average molecular weight is 340 g/mol. The number of nitrogens with one attached hydrogen (secondary N) is 2. The van der Waals surface area contributed by atoms with Crippen LogP contribution in [0.25, 0.3) is 0 Å². The van der Waals surface area contributed by atoms with Crippen LogP contribution >= 0.6 is 0 Å². The normalized spacial score (nSPS) is 12.6. The Labute approximate surface area is 146 Å². The van der Waals surface area contributed by atoms with Gasteiger partial charge in [0.25, 0.3) is 0 Å². The minimum Gasteiger partial charge on any atom is -0.454 e. The Bertz CT molecular complexity index is 813. The average Bonchev–Trinajstić information content (AvgIpc) is 3.03. The lowest BCUT2D eigenvalue weighted by molar-refractivity contribution is -0.120. The molecule has 0 unspecified atom stereocenters. The lowest BCUT2D eigenvalue weighted by Crippen LogP contribution is -2.34. The minimum absolute atomic E-state index is 0.138. The van der Waals surface area contributed by atoms with Gasteiger partial charge < -0.3 is 20.1 Å². The fourth-order valence-corrected chi connectivity index (χ4v) is 2.54. The van der Waals surface area contributed by atoms with Crippen LogP contribution in [0.5, 0.6) is 11.5 Å². The first-order chi connectivity index (χ1) is 11.9. The van der Waals surface area contributed by atoms with Crippen LogP contribution in [-0.2, 0) is 15.0 Å². The van der Waals surface area contributed by atoms with Gasteiger partial charge >= 0.3 is 0 Å². The molecule has 0 saturated heterocycles.